The number of nitrogen functional groups attached to an aromatic ring is 1. The number of carbonyl (C=O) groups is 1. The Kier molecular flexibility index (Phi) is 4.22. The second-order valence-corrected chi connectivity index (χ2v) is 5.12. The van der Waals surface area contributed by atoms with E-state index in [-0.39, 0.29) is 11.3 Å². The van der Waals surface area contributed by atoms with Crippen molar-refractivity contribution >= 4 is 33.2 Å². The lowest BCUT2D eigenvalue weighted by Gasteiger charge is -2.10. The molecule has 0 aliphatic heterocycles. The van der Waals surface area contributed by atoms with Gasteiger partial charge < -0.3 is 11.1 Å². The number of anilines is 2. The highest BCUT2D eigenvalue weighted by Gasteiger charge is 2.30. The van der Waals surface area contributed by atoms with E-state index in [0.29, 0.717) is 10.2 Å². The van der Waals surface area contributed by atoms with Gasteiger partial charge in [-0.3, -0.25) is 4.79 Å². The fraction of sp³-hybridized carbons (Fsp3) is 0.0714. The van der Waals surface area contributed by atoms with Gasteiger partial charge in [0.1, 0.15) is 0 Å². The van der Waals surface area contributed by atoms with Crippen LogP contribution in [0.1, 0.15) is 15.9 Å². The van der Waals surface area contributed by atoms with Gasteiger partial charge in [0.05, 0.1) is 5.56 Å². The van der Waals surface area contributed by atoms with Gasteiger partial charge in [0, 0.05) is 21.4 Å². The molecule has 0 saturated heterocycles. The minimum absolute atomic E-state index is 0.0660. The Morgan fingerprint density at radius 2 is 1.86 bits per heavy atom. The Morgan fingerprint density at radius 1 is 1.14 bits per heavy atom. The fourth-order valence-corrected chi connectivity index (χ4v) is 1.91. The number of rotatable bonds is 2. The molecule has 0 aromatic heterocycles. The van der Waals surface area contributed by atoms with E-state index < -0.39 is 17.6 Å². The molecule has 21 heavy (non-hydrogen) atoms. The topological polar surface area (TPSA) is 55.1 Å². The van der Waals surface area contributed by atoms with Crippen LogP contribution < -0.4 is 11.1 Å². The molecular formula is C14H10BrF3N2O. The summed E-state index contributed by atoms with van der Waals surface area (Å²) in [5.74, 6) is -0.534. The maximum atomic E-state index is 12.6. The van der Waals surface area contributed by atoms with Crippen molar-refractivity contribution in [3.8, 4) is 0 Å². The molecule has 3 N–H and O–H groups in total. The highest BCUT2D eigenvalue weighted by molar-refractivity contribution is 9.10. The Balaban J connectivity index is 2.21. The van der Waals surface area contributed by atoms with Crippen molar-refractivity contribution in [1.82, 2.24) is 0 Å². The second kappa shape index (κ2) is 5.77. The minimum atomic E-state index is -4.46. The van der Waals surface area contributed by atoms with Crippen LogP contribution in [0.15, 0.2) is 46.9 Å². The van der Waals surface area contributed by atoms with E-state index in [4.69, 9.17) is 5.73 Å². The van der Waals surface area contributed by atoms with Crippen LogP contribution in [0, 0.1) is 0 Å². The van der Waals surface area contributed by atoms with Gasteiger partial charge in [0.25, 0.3) is 5.91 Å². The molecule has 2 rings (SSSR count). The number of benzene rings is 2. The minimum Gasteiger partial charge on any atom is -0.398 e. The molecule has 0 unspecified atom stereocenters. The van der Waals surface area contributed by atoms with Crippen molar-refractivity contribution < 1.29 is 18.0 Å². The lowest BCUT2D eigenvalue weighted by molar-refractivity contribution is -0.137. The highest BCUT2D eigenvalue weighted by atomic mass is 79.9. The monoisotopic (exact) mass is 358 g/mol. The SMILES string of the molecule is Nc1cc(C(=O)Nc2cccc(C(F)(F)F)c2)ccc1Br. The predicted molar refractivity (Wildman–Crippen MR) is 78.0 cm³/mol. The fourth-order valence-electron chi connectivity index (χ4n) is 1.66. The first-order chi connectivity index (χ1) is 9.77. The third-order valence-corrected chi connectivity index (χ3v) is 3.43. The van der Waals surface area contributed by atoms with Gasteiger partial charge in [-0.2, -0.15) is 13.2 Å². The smallest absolute Gasteiger partial charge is 0.398 e. The second-order valence-electron chi connectivity index (χ2n) is 4.27. The Hall–Kier alpha value is -2.02. The molecule has 0 spiro atoms. The van der Waals surface area contributed by atoms with E-state index in [0.717, 1.165) is 12.1 Å². The molecule has 1 amide bonds. The summed E-state index contributed by atoms with van der Waals surface area (Å²) in [6, 6.07) is 8.98. The zero-order valence-electron chi connectivity index (χ0n) is 10.5. The highest BCUT2D eigenvalue weighted by Crippen LogP contribution is 2.30. The van der Waals surface area contributed by atoms with Gasteiger partial charge in [0.2, 0.25) is 0 Å². The maximum Gasteiger partial charge on any atom is 0.416 e. The van der Waals surface area contributed by atoms with Gasteiger partial charge in [0.15, 0.2) is 0 Å². The van der Waals surface area contributed by atoms with Crippen LogP contribution in [0.4, 0.5) is 24.5 Å². The lowest BCUT2D eigenvalue weighted by atomic mass is 10.1. The normalized spacial score (nSPS) is 11.2. The van der Waals surface area contributed by atoms with Gasteiger partial charge in [-0.15, -0.1) is 0 Å². The van der Waals surface area contributed by atoms with Crippen LogP contribution in [0.3, 0.4) is 0 Å². The maximum absolute atomic E-state index is 12.6. The Bertz CT molecular complexity index is 686. The quantitative estimate of drug-likeness (QED) is 0.786. The molecule has 0 saturated carbocycles. The molecule has 3 nitrogen and oxygen atoms in total. The van der Waals surface area contributed by atoms with Crippen molar-refractivity contribution in [2.75, 3.05) is 11.1 Å². The first-order valence-electron chi connectivity index (χ1n) is 5.81. The van der Waals surface area contributed by atoms with Crippen LogP contribution in [0.5, 0.6) is 0 Å². The summed E-state index contributed by atoms with van der Waals surface area (Å²) in [5, 5.41) is 2.41. The molecule has 0 radical (unpaired) electrons. The Labute approximate surface area is 127 Å². The standard InChI is InChI=1S/C14H10BrF3N2O/c15-11-5-4-8(6-12(11)19)13(21)20-10-3-1-2-9(7-10)14(16,17)18/h1-7H,19H2,(H,20,21). The molecule has 0 aliphatic carbocycles. The zero-order valence-corrected chi connectivity index (χ0v) is 12.1. The number of halogens is 4. The predicted octanol–water partition coefficient (Wildman–Crippen LogP) is 4.30. The van der Waals surface area contributed by atoms with Gasteiger partial charge in [-0.25, -0.2) is 0 Å². The van der Waals surface area contributed by atoms with Crippen molar-refractivity contribution in [3.05, 3.63) is 58.1 Å². The summed E-state index contributed by atoms with van der Waals surface area (Å²) in [6.45, 7) is 0. The number of alkyl halides is 3. The van der Waals surface area contributed by atoms with Crippen LogP contribution in [0.25, 0.3) is 0 Å². The van der Waals surface area contributed by atoms with Crippen LogP contribution in [-0.4, -0.2) is 5.91 Å². The number of hydrogen-bond donors (Lipinski definition) is 2. The van der Waals surface area contributed by atoms with E-state index in [9.17, 15) is 18.0 Å². The van der Waals surface area contributed by atoms with Crippen molar-refractivity contribution in [2.24, 2.45) is 0 Å². The van der Waals surface area contributed by atoms with E-state index in [1.54, 1.807) is 6.07 Å². The molecule has 0 heterocycles. The third kappa shape index (κ3) is 3.75. The van der Waals surface area contributed by atoms with E-state index in [1.807, 2.05) is 0 Å². The van der Waals surface area contributed by atoms with Crippen molar-refractivity contribution in [2.45, 2.75) is 6.18 Å². The average Bonchev–Trinajstić information content (AvgIpc) is 2.41. The molecule has 0 fully saturated rings. The lowest BCUT2D eigenvalue weighted by Crippen LogP contribution is -2.13. The molecular weight excluding hydrogens is 349 g/mol. The van der Waals surface area contributed by atoms with E-state index >= 15 is 0 Å². The molecule has 110 valence electrons. The summed E-state index contributed by atoms with van der Waals surface area (Å²) in [7, 11) is 0. The summed E-state index contributed by atoms with van der Waals surface area (Å²) >= 11 is 3.19. The Morgan fingerprint density at radius 3 is 2.48 bits per heavy atom. The largest absolute Gasteiger partial charge is 0.416 e. The summed E-state index contributed by atoms with van der Waals surface area (Å²) < 4.78 is 38.4. The molecule has 0 bridgehead atoms. The van der Waals surface area contributed by atoms with Crippen LogP contribution >= 0.6 is 15.9 Å². The van der Waals surface area contributed by atoms with Gasteiger partial charge in [-0.1, -0.05) is 6.07 Å². The average molecular weight is 359 g/mol. The van der Waals surface area contributed by atoms with Crippen LogP contribution in [0.2, 0.25) is 0 Å². The van der Waals surface area contributed by atoms with Gasteiger partial charge >= 0.3 is 6.18 Å². The first-order valence-corrected chi connectivity index (χ1v) is 6.60. The third-order valence-electron chi connectivity index (χ3n) is 2.71. The zero-order chi connectivity index (χ0) is 15.6. The summed E-state index contributed by atoms with van der Waals surface area (Å²) in [6.07, 6.45) is -4.46. The molecule has 2 aromatic carbocycles. The van der Waals surface area contributed by atoms with Crippen molar-refractivity contribution in [3.63, 3.8) is 0 Å². The first kappa shape index (κ1) is 15.4. The number of nitrogens with two attached hydrogens (primary N) is 1. The van der Waals surface area contributed by atoms with Crippen molar-refractivity contribution in [1.29, 1.82) is 0 Å². The molecule has 0 aliphatic rings. The summed E-state index contributed by atoms with van der Waals surface area (Å²) in [4.78, 5) is 12.0. The number of nitrogens with one attached hydrogen (secondary N) is 1. The van der Waals surface area contributed by atoms with Gasteiger partial charge in [-0.05, 0) is 52.3 Å². The molecule has 0 atom stereocenters. The van der Waals surface area contributed by atoms with Crippen LogP contribution in [-0.2, 0) is 6.18 Å². The molecule has 7 heteroatoms. The van der Waals surface area contributed by atoms with E-state index in [1.165, 1.54) is 24.3 Å². The number of carbonyl (C=O) groups excluding carboxylic acids is 1. The molecule has 2 aromatic rings. The number of hydrogen-bond acceptors (Lipinski definition) is 2. The summed E-state index contributed by atoms with van der Waals surface area (Å²) in [5.41, 5.74) is 5.52. The van der Waals surface area contributed by atoms with E-state index in [2.05, 4.69) is 21.2 Å². The number of amides is 1.